The molecule has 10 heteroatoms. The molecular formula is C18H12Cl2N6O2. The van der Waals surface area contributed by atoms with Gasteiger partial charge in [-0.1, -0.05) is 28.4 Å². The fourth-order valence-electron chi connectivity index (χ4n) is 3.73. The number of hydrogen-bond donors (Lipinski definition) is 2. The quantitative estimate of drug-likeness (QED) is 0.670. The zero-order valence-electron chi connectivity index (χ0n) is 14.2. The highest BCUT2D eigenvalue weighted by molar-refractivity contribution is 6.31. The van der Waals surface area contributed by atoms with Crippen molar-refractivity contribution in [3.05, 3.63) is 63.5 Å². The average Bonchev–Trinajstić information content (AvgIpc) is 3.18. The van der Waals surface area contributed by atoms with E-state index in [0.717, 1.165) is 0 Å². The monoisotopic (exact) mass is 414 g/mol. The number of rotatable bonds is 2. The van der Waals surface area contributed by atoms with Crippen LogP contribution < -0.4 is 10.6 Å². The lowest BCUT2D eigenvalue weighted by Gasteiger charge is -2.30. The first kappa shape index (κ1) is 17.2. The molecule has 0 saturated heterocycles. The fourth-order valence-corrected chi connectivity index (χ4v) is 4.01. The highest BCUT2D eigenvalue weighted by atomic mass is 35.5. The Hall–Kier alpha value is -2.97. The maximum Gasteiger partial charge on any atom is 0.241 e. The predicted octanol–water partition coefficient (Wildman–Crippen LogP) is 2.61. The van der Waals surface area contributed by atoms with Gasteiger partial charge in [0.05, 0.1) is 23.7 Å². The molecule has 2 aliphatic rings. The smallest absolute Gasteiger partial charge is 0.241 e. The van der Waals surface area contributed by atoms with Crippen LogP contribution in [0.3, 0.4) is 0 Å². The Kier molecular flexibility index (Phi) is 3.68. The van der Waals surface area contributed by atoms with Gasteiger partial charge in [-0.3, -0.25) is 14.6 Å². The third-order valence-electron chi connectivity index (χ3n) is 5.00. The van der Waals surface area contributed by atoms with E-state index in [2.05, 4.69) is 25.9 Å². The Labute approximate surface area is 168 Å². The fraction of sp³-hybridized carbons (Fsp3) is 0.167. The van der Waals surface area contributed by atoms with Gasteiger partial charge in [0.25, 0.3) is 0 Å². The Morgan fingerprint density at radius 2 is 1.93 bits per heavy atom. The summed E-state index contributed by atoms with van der Waals surface area (Å²) in [4.78, 5) is 29.8. The molecule has 0 fully saturated rings. The highest BCUT2D eigenvalue weighted by Gasteiger charge is 2.55. The minimum absolute atomic E-state index is 0.0724. The first-order valence-corrected chi connectivity index (χ1v) is 9.19. The minimum atomic E-state index is -1.26. The number of nitrogens with zero attached hydrogens (tertiary/aromatic N) is 4. The molecule has 140 valence electrons. The summed E-state index contributed by atoms with van der Waals surface area (Å²) in [5.41, 5.74) is 1.05. The van der Waals surface area contributed by atoms with E-state index in [4.69, 9.17) is 23.2 Å². The number of benzene rings is 1. The Morgan fingerprint density at radius 1 is 1.11 bits per heavy atom. The molecule has 8 nitrogen and oxygen atoms in total. The summed E-state index contributed by atoms with van der Waals surface area (Å²) in [6, 6.07) is 8.58. The zero-order chi connectivity index (χ0) is 19.5. The van der Waals surface area contributed by atoms with Crippen molar-refractivity contribution in [1.82, 2.24) is 20.0 Å². The normalized spacial score (nSPS) is 19.9. The van der Waals surface area contributed by atoms with Crippen LogP contribution in [0.5, 0.6) is 0 Å². The van der Waals surface area contributed by atoms with E-state index < -0.39 is 5.41 Å². The van der Waals surface area contributed by atoms with Gasteiger partial charge in [0, 0.05) is 16.9 Å². The van der Waals surface area contributed by atoms with Gasteiger partial charge >= 0.3 is 0 Å². The van der Waals surface area contributed by atoms with Crippen molar-refractivity contribution in [2.24, 2.45) is 0 Å². The summed E-state index contributed by atoms with van der Waals surface area (Å²) in [6.45, 7) is 0.264. The van der Waals surface area contributed by atoms with Crippen molar-refractivity contribution < 1.29 is 9.59 Å². The molecule has 0 saturated carbocycles. The molecule has 1 spiro atoms. The molecular weight excluding hydrogens is 403 g/mol. The van der Waals surface area contributed by atoms with Crippen molar-refractivity contribution in [2.45, 2.75) is 18.4 Å². The van der Waals surface area contributed by atoms with Crippen molar-refractivity contribution in [3.8, 4) is 0 Å². The van der Waals surface area contributed by atoms with Gasteiger partial charge in [-0.05, 0) is 35.9 Å². The van der Waals surface area contributed by atoms with Crippen molar-refractivity contribution in [3.63, 3.8) is 0 Å². The summed E-state index contributed by atoms with van der Waals surface area (Å²) in [5, 5.41) is 15.0. The second kappa shape index (κ2) is 6.02. The molecule has 2 aromatic heterocycles. The average molecular weight is 415 g/mol. The van der Waals surface area contributed by atoms with Crippen LogP contribution in [-0.2, 0) is 21.5 Å². The number of amides is 2. The van der Waals surface area contributed by atoms with Crippen LogP contribution in [0.1, 0.15) is 23.4 Å². The molecule has 0 aliphatic carbocycles. The number of carbonyl (C=O) groups is 2. The van der Waals surface area contributed by atoms with Crippen LogP contribution in [0.15, 0.2) is 36.5 Å². The number of carbonyl (C=O) groups excluding carboxylic acids is 2. The first-order chi connectivity index (χ1) is 13.5. The maximum absolute atomic E-state index is 13.0. The molecule has 1 unspecified atom stereocenters. The van der Waals surface area contributed by atoms with Gasteiger partial charge in [-0.2, -0.15) is 0 Å². The van der Waals surface area contributed by atoms with Crippen LogP contribution in [0.2, 0.25) is 10.0 Å². The predicted molar refractivity (Wildman–Crippen MR) is 102 cm³/mol. The van der Waals surface area contributed by atoms with Crippen LogP contribution in [0.4, 0.5) is 11.5 Å². The standard InChI is InChI=1S/C18H12Cl2N6O2/c19-9-2-4-13-12(5-9)18(17(28)22-13)6-14(27)23-16-15(18)24-25-26(16)8-11-3-1-10(20)7-21-11/h1-5,7H,6,8H2,(H,22,28)(H,23,27). The lowest BCUT2D eigenvalue weighted by atomic mass is 9.74. The van der Waals surface area contributed by atoms with Crippen LogP contribution in [0.25, 0.3) is 0 Å². The number of aromatic nitrogens is 4. The lowest BCUT2D eigenvalue weighted by Crippen LogP contribution is -2.44. The number of fused-ring (bicyclic) bond motifs is 4. The van der Waals surface area contributed by atoms with Gasteiger partial charge in [0.15, 0.2) is 5.82 Å². The van der Waals surface area contributed by atoms with Gasteiger partial charge in [0.2, 0.25) is 11.8 Å². The lowest BCUT2D eigenvalue weighted by molar-refractivity contribution is -0.125. The van der Waals surface area contributed by atoms with Gasteiger partial charge in [-0.15, -0.1) is 5.10 Å². The molecule has 4 heterocycles. The Morgan fingerprint density at radius 3 is 2.71 bits per heavy atom. The first-order valence-electron chi connectivity index (χ1n) is 8.43. The molecule has 3 aromatic rings. The van der Waals surface area contributed by atoms with E-state index in [9.17, 15) is 9.59 Å². The third kappa shape index (κ3) is 2.42. The van der Waals surface area contributed by atoms with Gasteiger partial charge in [0.1, 0.15) is 11.1 Å². The van der Waals surface area contributed by atoms with Crippen molar-refractivity contribution in [1.29, 1.82) is 0 Å². The van der Waals surface area contributed by atoms with Crippen molar-refractivity contribution >= 4 is 46.5 Å². The number of nitrogens with one attached hydrogen (secondary N) is 2. The van der Waals surface area contributed by atoms with E-state index in [-0.39, 0.29) is 24.8 Å². The highest BCUT2D eigenvalue weighted by Crippen LogP contribution is 2.49. The molecule has 2 aliphatic heterocycles. The topological polar surface area (TPSA) is 102 Å². The Balaban J connectivity index is 1.65. The number of anilines is 2. The molecule has 2 amide bonds. The van der Waals surface area contributed by atoms with Crippen LogP contribution in [-0.4, -0.2) is 31.8 Å². The molecule has 0 bridgehead atoms. The van der Waals surface area contributed by atoms with Crippen molar-refractivity contribution in [2.75, 3.05) is 10.6 Å². The van der Waals surface area contributed by atoms with Crippen LogP contribution >= 0.6 is 23.2 Å². The van der Waals surface area contributed by atoms with Crippen LogP contribution in [0, 0.1) is 0 Å². The minimum Gasteiger partial charge on any atom is -0.325 e. The maximum atomic E-state index is 13.0. The van der Waals surface area contributed by atoms with E-state index in [1.165, 1.54) is 10.9 Å². The van der Waals surface area contributed by atoms with E-state index in [1.54, 1.807) is 30.3 Å². The third-order valence-corrected chi connectivity index (χ3v) is 5.46. The SMILES string of the molecule is O=C1CC2(C(=O)Nc3ccc(Cl)cc32)c2nnn(Cc3ccc(Cl)cn3)c2N1. The second-order valence-corrected chi connectivity index (χ2v) is 7.56. The number of halogens is 2. The summed E-state index contributed by atoms with van der Waals surface area (Å²) in [5.74, 6) is -0.253. The molecule has 0 radical (unpaired) electrons. The summed E-state index contributed by atoms with van der Waals surface area (Å²) in [6.07, 6.45) is 1.46. The molecule has 28 heavy (non-hydrogen) atoms. The Bertz CT molecular complexity index is 1140. The second-order valence-electron chi connectivity index (χ2n) is 6.69. The van der Waals surface area contributed by atoms with E-state index in [1.807, 2.05) is 0 Å². The molecule has 1 aromatic carbocycles. The summed E-state index contributed by atoms with van der Waals surface area (Å²) >= 11 is 12.0. The summed E-state index contributed by atoms with van der Waals surface area (Å²) < 4.78 is 1.51. The summed E-state index contributed by atoms with van der Waals surface area (Å²) in [7, 11) is 0. The van der Waals surface area contributed by atoms with E-state index >= 15 is 0 Å². The van der Waals surface area contributed by atoms with Gasteiger partial charge in [-0.25, -0.2) is 4.68 Å². The largest absolute Gasteiger partial charge is 0.325 e. The number of pyridine rings is 1. The molecule has 2 N–H and O–H groups in total. The van der Waals surface area contributed by atoms with Gasteiger partial charge < -0.3 is 10.6 Å². The zero-order valence-corrected chi connectivity index (χ0v) is 15.8. The molecule has 1 atom stereocenters. The van der Waals surface area contributed by atoms with E-state index in [0.29, 0.717) is 38.5 Å². The number of hydrogen-bond acceptors (Lipinski definition) is 5. The molecule has 5 rings (SSSR count).